The second kappa shape index (κ2) is 9.98. The molecule has 4 heteroatoms. The van der Waals surface area contributed by atoms with Crippen molar-refractivity contribution in [2.24, 2.45) is 5.92 Å². The number of rotatable bonds is 11. The Balaban J connectivity index is 2.09. The average Bonchev–Trinajstić information content (AvgIpc) is 2.81. The lowest BCUT2D eigenvalue weighted by atomic mass is 10.2. The maximum absolute atomic E-state index is 5.57. The highest BCUT2D eigenvalue weighted by molar-refractivity contribution is 5.04. The maximum Gasteiger partial charge on any atom is 0.162 e. The smallest absolute Gasteiger partial charge is 0.162 e. The molecule has 1 aromatic rings. The fraction of sp³-hybridized carbons (Fsp3) is 0.800. The third-order valence-electron chi connectivity index (χ3n) is 2.85. The Morgan fingerprint density at radius 3 is 2.89 bits per heavy atom. The molecular weight excluding hydrogens is 240 g/mol. The zero-order valence-electron chi connectivity index (χ0n) is 12.6. The van der Waals surface area contributed by atoms with Gasteiger partial charge in [0.1, 0.15) is 6.61 Å². The van der Waals surface area contributed by atoms with E-state index in [1.165, 1.54) is 19.3 Å². The van der Waals surface area contributed by atoms with Gasteiger partial charge in [0.2, 0.25) is 0 Å². The molecule has 1 rings (SSSR count). The topological polar surface area (TPSA) is 47.3 Å². The summed E-state index contributed by atoms with van der Waals surface area (Å²) in [7, 11) is 0. The summed E-state index contributed by atoms with van der Waals surface area (Å²) < 4.78 is 10.8. The molecular formula is C15H28N2O2. The van der Waals surface area contributed by atoms with E-state index in [1.54, 1.807) is 0 Å². The van der Waals surface area contributed by atoms with Crippen molar-refractivity contribution in [1.82, 2.24) is 10.5 Å². The molecule has 0 aromatic carbocycles. The summed E-state index contributed by atoms with van der Waals surface area (Å²) in [5, 5.41) is 7.37. The molecule has 1 N–H and O–H groups in total. The number of nitrogens with zero attached hydrogens (tertiary/aromatic N) is 1. The van der Waals surface area contributed by atoms with Gasteiger partial charge >= 0.3 is 0 Å². The van der Waals surface area contributed by atoms with Gasteiger partial charge < -0.3 is 14.6 Å². The SMILES string of the molecule is CCCCCCOCc1cc(CNCC(C)C)no1. The molecule has 0 aliphatic heterocycles. The van der Waals surface area contributed by atoms with Crippen molar-refractivity contribution in [3.8, 4) is 0 Å². The van der Waals surface area contributed by atoms with Crippen molar-refractivity contribution in [3.05, 3.63) is 17.5 Å². The molecule has 1 aromatic heterocycles. The summed E-state index contributed by atoms with van der Waals surface area (Å²) in [5.74, 6) is 1.47. The molecule has 0 bridgehead atoms. The van der Waals surface area contributed by atoms with Gasteiger partial charge in [0.15, 0.2) is 5.76 Å². The van der Waals surface area contributed by atoms with Crippen LogP contribution in [0.25, 0.3) is 0 Å². The number of ether oxygens (including phenoxy) is 1. The minimum Gasteiger partial charge on any atom is -0.373 e. The lowest BCUT2D eigenvalue weighted by Crippen LogP contribution is -2.19. The molecule has 0 aliphatic carbocycles. The van der Waals surface area contributed by atoms with Gasteiger partial charge in [-0.1, -0.05) is 45.2 Å². The molecule has 0 saturated carbocycles. The number of aromatic nitrogens is 1. The Morgan fingerprint density at radius 1 is 1.32 bits per heavy atom. The monoisotopic (exact) mass is 268 g/mol. The number of hydrogen-bond acceptors (Lipinski definition) is 4. The van der Waals surface area contributed by atoms with E-state index in [0.29, 0.717) is 12.5 Å². The van der Waals surface area contributed by atoms with Gasteiger partial charge in [-0.15, -0.1) is 0 Å². The van der Waals surface area contributed by atoms with Crippen LogP contribution in [0.4, 0.5) is 0 Å². The first kappa shape index (κ1) is 16.2. The van der Waals surface area contributed by atoms with Crippen LogP contribution >= 0.6 is 0 Å². The Morgan fingerprint density at radius 2 is 2.16 bits per heavy atom. The van der Waals surface area contributed by atoms with Crippen LogP contribution in [0.1, 0.15) is 57.9 Å². The summed E-state index contributed by atoms with van der Waals surface area (Å²) in [4.78, 5) is 0. The van der Waals surface area contributed by atoms with Gasteiger partial charge in [-0.25, -0.2) is 0 Å². The molecule has 0 aliphatic rings. The fourth-order valence-corrected chi connectivity index (χ4v) is 1.80. The first-order chi connectivity index (χ1) is 9.22. The van der Waals surface area contributed by atoms with Gasteiger partial charge in [-0.05, 0) is 18.9 Å². The largest absolute Gasteiger partial charge is 0.373 e. The summed E-state index contributed by atoms with van der Waals surface area (Å²) in [6.45, 7) is 9.69. The molecule has 110 valence electrons. The van der Waals surface area contributed by atoms with Crippen LogP contribution < -0.4 is 5.32 Å². The van der Waals surface area contributed by atoms with Crippen molar-refractivity contribution in [1.29, 1.82) is 0 Å². The van der Waals surface area contributed by atoms with E-state index in [1.807, 2.05) is 6.07 Å². The average molecular weight is 268 g/mol. The number of unbranched alkanes of at least 4 members (excludes halogenated alkanes) is 3. The fourth-order valence-electron chi connectivity index (χ4n) is 1.80. The quantitative estimate of drug-likeness (QED) is 0.624. The molecule has 0 unspecified atom stereocenters. The van der Waals surface area contributed by atoms with Gasteiger partial charge in [0, 0.05) is 19.2 Å². The zero-order valence-corrected chi connectivity index (χ0v) is 12.6. The Labute approximate surface area is 116 Å². The second-order valence-corrected chi connectivity index (χ2v) is 5.42. The lowest BCUT2D eigenvalue weighted by Gasteiger charge is -2.04. The molecule has 0 saturated heterocycles. The number of hydrogen-bond donors (Lipinski definition) is 1. The highest BCUT2D eigenvalue weighted by Gasteiger charge is 2.04. The second-order valence-electron chi connectivity index (χ2n) is 5.42. The van der Waals surface area contributed by atoms with Crippen LogP contribution in [0, 0.1) is 5.92 Å². The van der Waals surface area contributed by atoms with Crippen molar-refractivity contribution in [2.75, 3.05) is 13.2 Å². The molecule has 0 amide bonds. The Kier molecular flexibility index (Phi) is 8.50. The van der Waals surface area contributed by atoms with E-state index in [9.17, 15) is 0 Å². The van der Waals surface area contributed by atoms with Crippen LogP contribution in [-0.4, -0.2) is 18.3 Å². The zero-order chi connectivity index (χ0) is 13.9. The predicted octanol–water partition coefficient (Wildman–Crippen LogP) is 3.52. The summed E-state index contributed by atoms with van der Waals surface area (Å²) in [6, 6.07) is 1.97. The molecule has 0 radical (unpaired) electrons. The van der Waals surface area contributed by atoms with E-state index in [0.717, 1.165) is 37.6 Å². The molecule has 0 atom stereocenters. The van der Waals surface area contributed by atoms with E-state index < -0.39 is 0 Å². The van der Waals surface area contributed by atoms with E-state index in [4.69, 9.17) is 9.26 Å². The maximum atomic E-state index is 5.57. The highest BCUT2D eigenvalue weighted by atomic mass is 16.5. The van der Waals surface area contributed by atoms with Gasteiger partial charge in [0.25, 0.3) is 0 Å². The molecule has 0 spiro atoms. The predicted molar refractivity (Wildman–Crippen MR) is 76.8 cm³/mol. The van der Waals surface area contributed by atoms with Gasteiger partial charge in [0.05, 0.1) is 5.69 Å². The standard InChI is InChI=1S/C15H28N2O2/c1-4-5-6-7-8-18-12-15-9-14(17-19-15)11-16-10-13(2)3/h9,13,16H,4-8,10-12H2,1-3H3. The van der Waals surface area contributed by atoms with Crippen molar-refractivity contribution in [2.45, 2.75) is 59.6 Å². The highest BCUT2D eigenvalue weighted by Crippen LogP contribution is 2.06. The molecule has 19 heavy (non-hydrogen) atoms. The first-order valence-corrected chi connectivity index (χ1v) is 7.45. The van der Waals surface area contributed by atoms with Crippen LogP contribution in [0.2, 0.25) is 0 Å². The normalized spacial score (nSPS) is 11.4. The Bertz CT molecular complexity index is 324. The van der Waals surface area contributed by atoms with Crippen LogP contribution in [0.5, 0.6) is 0 Å². The molecule has 1 heterocycles. The van der Waals surface area contributed by atoms with Crippen LogP contribution in [0.15, 0.2) is 10.6 Å². The molecule has 0 fully saturated rings. The third kappa shape index (κ3) is 8.01. The van der Waals surface area contributed by atoms with Gasteiger partial charge in [-0.2, -0.15) is 0 Å². The molecule has 4 nitrogen and oxygen atoms in total. The lowest BCUT2D eigenvalue weighted by molar-refractivity contribution is 0.0976. The van der Waals surface area contributed by atoms with Crippen LogP contribution in [-0.2, 0) is 17.9 Å². The summed E-state index contributed by atoms with van der Waals surface area (Å²) in [5.41, 5.74) is 0.949. The van der Waals surface area contributed by atoms with Crippen molar-refractivity contribution < 1.29 is 9.26 Å². The van der Waals surface area contributed by atoms with E-state index in [-0.39, 0.29) is 0 Å². The summed E-state index contributed by atoms with van der Waals surface area (Å²) in [6.07, 6.45) is 4.92. The van der Waals surface area contributed by atoms with Gasteiger partial charge in [-0.3, -0.25) is 0 Å². The third-order valence-corrected chi connectivity index (χ3v) is 2.85. The Hall–Kier alpha value is -0.870. The minimum absolute atomic E-state index is 0.531. The van der Waals surface area contributed by atoms with Crippen LogP contribution in [0.3, 0.4) is 0 Å². The van der Waals surface area contributed by atoms with E-state index >= 15 is 0 Å². The first-order valence-electron chi connectivity index (χ1n) is 7.45. The number of nitrogens with one attached hydrogen (secondary N) is 1. The van der Waals surface area contributed by atoms with Crippen molar-refractivity contribution in [3.63, 3.8) is 0 Å². The summed E-state index contributed by atoms with van der Waals surface area (Å²) >= 11 is 0. The van der Waals surface area contributed by atoms with Crippen molar-refractivity contribution >= 4 is 0 Å². The van der Waals surface area contributed by atoms with E-state index in [2.05, 4.69) is 31.2 Å². The minimum atomic E-state index is 0.531.